The quantitative estimate of drug-likeness (QED) is 0.673. The molecule has 0 fully saturated rings. The van der Waals surface area contributed by atoms with Crippen molar-refractivity contribution in [3.8, 4) is 11.3 Å². The number of nitrogens with zero attached hydrogens (tertiary/aromatic N) is 1. The second kappa shape index (κ2) is 5.18. The average molecular weight is 259 g/mol. The van der Waals surface area contributed by atoms with Crippen molar-refractivity contribution in [2.45, 2.75) is 0 Å². The van der Waals surface area contributed by atoms with Crippen LogP contribution >= 0.6 is 0 Å². The molecule has 0 saturated carbocycles. The third-order valence-corrected chi connectivity index (χ3v) is 2.41. The number of carboxylic acids is 1. The van der Waals surface area contributed by atoms with Gasteiger partial charge in [-0.2, -0.15) is 0 Å². The smallest absolute Gasteiger partial charge is 0.336 e. The standard InChI is InChI=1S/C13H9NO5/c15-13(16)11-4-2-1-3-10(11)12-6-5-9(19-12)7-8-14(17)18/h1-8H,(H,15,16). The lowest BCUT2D eigenvalue weighted by atomic mass is 10.1. The summed E-state index contributed by atoms with van der Waals surface area (Å²) in [6.07, 6.45) is 1.96. The van der Waals surface area contributed by atoms with Gasteiger partial charge in [0.1, 0.15) is 11.5 Å². The van der Waals surface area contributed by atoms with E-state index in [0.717, 1.165) is 6.20 Å². The molecule has 0 saturated heterocycles. The molecular formula is C13H9NO5. The summed E-state index contributed by atoms with van der Waals surface area (Å²) < 4.78 is 5.36. The number of hydrogen-bond donors (Lipinski definition) is 1. The van der Waals surface area contributed by atoms with Crippen LogP contribution in [0.5, 0.6) is 0 Å². The highest BCUT2D eigenvalue weighted by Crippen LogP contribution is 2.26. The van der Waals surface area contributed by atoms with Gasteiger partial charge in [0.15, 0.2) is 0 Å². The molecule has 1 aromatic heterocycles. The van der Waals surface area contributed by atoms with Crippen LogP contribution in [0, 0.1) is 10.1 Å². The Labute approximate surface area is 107 Å². The van der Waals surface area contributed by atoms with E-state index < -0.39 is 10.9 Å². The van der Waals surface area contributed by atoms with Gasteiger partial charge in [0.2, 0.25) is 6.20 Å². The summed E-state index contributed by atoms with van der Waals surface area (Å²) >= 11 is 0. The van der Waals surface area contributed by atoms with Crippen molar-refractivity contribution in [2.24, 2.45) is 0 Å². The van der Waals surface area contributed by atoms with Gasteiger partial charge >= 0.3 is 5.97 Å². The van der Waals surface area contributed by atoms with Gasteiger partial charge in [-0.15, -0.1) is 0 Å². The van der Waals surface area contributed by atoms with Crippen molar-refractivity contribution in [1.29, 1.82) is 0 Å². The van der Waals surface area contributed by atoms with Crippen molar-refractivity contribution < 1.29 is 19.2 Å². The zero-order valence-electron chi connectivity index (χ0n) is 9.65. The molecule has 0 aliphatic carbocycles. The summed E-state index contributed by atoms with van der Waals surface area (Å²) in [7, 11) is 0. The van der Waals surface area contributed by atoms with Crippen molar-refractivity contribution >= 4 is 12.0 Å². The Kier molecular flexibility index (Phi) is 3.42. The van der Waals surface area contributed by atoms with Gasteiger partial charge in [0.25, 0.3) is 0 Å². The number of hydrogen-bond acceptors (Lipinski definition) is 4. The van der Waals surface area contributed by atoms with Gasteiger partial charge in [-0.05, 0) is 18.2 Å². The summed E-state index contributed by atoms with van der Waals surface area (Å²) in [5.74, 6) is -0.428. The SMILES string of the molecule is O=C(O)c1ccccc1-c1ccc(C=C[N+](=O)[O-])o1. The minimum absolute atomic E-state index is 0.113. The molecule has 6 nitrogen and oxygen atoms in total. The lowest BCUT2D eigenvalue weighted by Gasteiger charge is -2.01. The molecule has 96 valence electrons. The van der Waals surface area contributed by atoms with Gasteiger partial charge in [-0.25, -0.2) is 4.79 Å². The largest absolute Gasteiger partial charge is 0.478 e. The molecule has 0 atom stereocenters. The number of furan rings is 1. The molecule has 1 N–H and O–H groups in total. The molecule has 0 aliphatic heterocycles. The third-order valence-electron chi connectivity index (χ3n) is 2.41. The zero-order chi connectivity index (χ0) is 13.8. The lowest BCUT2D eigenvalue weighted by molar-refractivity contribution is -0.401. The van der Waals surface area contributed by atoms with Crippen molar-refractivity contribution in [1.82, 2.24) is 0 Å². The van der Waals surface area contributed by atoms with E-state index in [2.05, 4.69) is 0 Å². The number of carboxylic acid groups (broad SMARTS) is 1. The van der Waals surface area contributed by atoms with Crippen molar-refractivity contribution in [3.63, 3.8) is 0 Å². The number of aromatic carboxylic acids is 1. The van der Waals surface area contributed by atoms with Gasteiger partial charge in [-0.3, -0.25) is 10.1 Å². The highest BCUT2D eigenvalue weighted by Gasteiger charge is 2.13. The van der Waals surface area contributed by atoms with E-state index in [-0.39, 0.29) is 11.3 Å². The van der Waals surface area contributed by atoms with Crippen LogP contribution in [0.4, 0.5) is 0 Å². The van der Waals surface area contributed by atoms with E-state index in [9.17, 15) is 14.9 Å². The first kappa shape index (κ1) is 12.6. The first-order chi connectivity index (χ1) is 9.08. The zero-order valence-corrected chi connectivity index (χ0v) is 9.65. The van der Waals surface area contributed by atoms with E-state index >= 15 is 0 Å². The second-order valence-corrected chi connectivity index (χ2v) is 3.65. The molecule has 6 heteroatoms. The maximum atomic E-state index is 11.1. The van der Waals surface area contributed by atoms with E-state index in [1.54, 1.807) is 24.3 Å². The molecule has 0 amide bonds. The van der Waals surface area contributed by atoms with Crippen LogP contribution in [0.15, 0.2) is 47.0 Å². The van der Waals surface area contributed by atoms with Crippen LogP contribution in [-0.2, 0) is 0 Å². The first-order valence-corrected chi connectivity index (χ1v) is 5.32. The topological polar surface area (TPSA) is 93.6 Å². The molecule has 19 heavy (non-hydrogen) atoms. The monoisotopic (exact) mass is 259 g/mol. The Balaban J connectivity index is 2.38. The molecule has 0 aliphatic rings. The second-order valence-electron chi connectivity index (χ2n) is 3.65. The first-order valence-electron chi connectivity index (χ1n) is 5.32. The van der Waals surface area contributed by atoms with Crippen molar-refractivity contribution in [2.75, 3.05) is 0 Å². The summed E-state index contributed by atoms with van der Waals surface area (Å²) in [5, 5.41) is 19.3. The number of rotatable bonds is 4. The minimum atomic E-state index is -1.06. The lowest BCUT2D eigenvalue weighted by Crippen LogP contribution is -1.98. The molecule has 1 heterocycles. The average Bonchev–Trinajstić information content (AvgIpc) is 2.85. The summed E-state index contributed by atoms with van der Waals surface area (Å²) in [6, 6.07) is 9.49. The fraction of sp³-hybridized carbons (Fsp3) is 0. The molecule has 2 aromatic rings. The molecular weight excluding hydrogens is 250 g/mol. The Morgan fingerprint density at radius 2 is 2.00 bits per heavy atom. The minimum Gasteiger partial charge on any atom is -0.478 e. The highest BCUT2D eigenvalue weighted by atomic mass is 16.6. The molecule has 0 spiro atoms. The Morgan fingerprint density at radius 3 is 2.68 bits per heavy atom. The molecule has 0 radical (unpaired) electrons. The van der Waals surface area contributed by atoms with E-state index in [4.69, 9.17) is 9.52 Å². The third kappa shape index (κ3) is 2.86. The number of nitro groups is 1. The maximum Gasteiger partial charge on any atom is 0.336 e. The van der Waals surface area contributed by atoms with Gasteiger partial charge in [-0.1, -0.05) is 18.2 Å². The number of carbonyl (C=O) groups is 1. The van der Waals surface area contributed by atoms with E-state index in [1.807, 2.05) is 0 Å². The van der Waals surface area contributed by atoms with Crippen LogP contribution in [0.25, 0.3) is 17.4 Å². The highest BCUT2D eigenvalue weighted by molar-refractivity contribution is 5.95. The van der Waals surface area contributed by atoms with E-state index in [0.29, 0.717) is 11.3 Å². The van der Waals surface area contributed by atoms with Gasteiger partial charge in [0.05, 0.1) is 16.6 Å². The molecule has 0 unspecified atom stereocenters. The fourth-order valence-electron chi connectivity index (χ4n) is 1.61. The fourth-order valence-corrected chi connectivity index (χ4v) is 1.61. The van der Waals surface area contributed by atoms with Crippen LogP contribution in [0.3, 0.4) is 0 Å². The predicted octanol–water partition coefficient (Wildman–Crippen LogP) is 2.89. The molecule has 1 aromatic carbocycles. The number of benzene rings is 1. The van der Waals surface area contributed by atoms with Crippen LogP contribution in [0.2, 0.25) is 0 Å². The summed E-state index contributed by atoms with van der Waals surface area (Å²) in [4.78, 5) is 20.7. The van der Waals surface area contributed by atoms with Crippen LogP contribution in [-0.4, -0.2) is 16.0 Å². The molecule has 2 rings (SSSR count). The summed E-state index contributed by atoms with van der Waals surface area (Å²) in [5.41, 5.74) is 0.539. The predicted molar refractivity (Wildman–Crippen MR) is 67.1 cm³/mol. The maximum absolute atomic E-state index is 11.1. The van der Waals surface area contributed by atoms with Gasteiger partial charge in [0, 0.05) is 5.56 Å². The van der Waals surface area contributed by atoms with Crippen LogP contribution < -0.4 is 0 Å². The van der Waals surface area contributed by atoms with Gasteiger partial charge < -0.3 is 9.52 Å². The van der Waals surface area contributed by atoms with Crippen molar-refractivity contribution in [3.05, 3.63) is 64.0 Å². The summed E-state index contributed by atoms with van der Waals surface area (Å²) in [6.45, 7) is 0. The Morgan fingerprint density at radius 1 is 1.26 bits per heavy atom. The van der Waals surface area contributed by atoms with E-state index in [1.165, 1.54) is 18.2 Å². The Bertz CT molecular complexity index is 657. The molecule has 0 bridgehead atoms. The van der Waals surface area contributed by atoms with Crippen LogP contribution in [0.1, 0.15) is 16.1 Å². The normalized spacial score (nSPS) is 10.7. The Hall–Kier alpha value is -2.89.